The zero-order chi connectivity index (χ0) is 90.8. The van der Waals surface area contributed by atoms with Crippen LogP contribution in [-0.2, 0) is 43.2 Å². The number of aliphatic hydroxyl groups is 1. The quantitative estimate of drug-likeness (QED) is 0.0194. The highest BCUT2D eigenvalue weighted by Crippen LogP contribution is 2.36. The number of hydrogen-bond donors (Lipinski definition) is 14. The van der Waals surface area contributed by atoms with Crippen LogP contribution >= 0.6 is 68.3 Å². The second-order valence-electron chi connectivity index (χ2n) is 28.7. The molecule has 1 saturated heterocycles. The number of thiazole rings is 5. The molecule has 3 unspecified atom stereocenters. The molecular weight excluding hydrogens is 1790 g/mol. The molecule has 5 aromatic carbocycles. The van der Waals surface area contributed by atoms with Crippen LogP contribution in [0.5, 0.6) is 5.75 Å². The van der Waals surface area contributed by atoms with E-state index in [4.69, 9.17) is 60.9 Å². The number of nitrogen functional groups attached to an aromatic ring is 5. The highest BCUT2D eigenvalue weighted by atomic mass is 35.5. The molecule has 0 spiro atoms. The normalized spacial score (nSPS) is 13.4. The third-order valence-electron chi connectivity index (χ3n) is 19.8. The Morgan fingerprint density at radius 2 is 0.977 bits per heavy atom. The van der Waals surface area contributed by atoms with Crippen molar-refractivity contribution in [2.75, 3.05) is 101 Å². The van der Waals surface area contributed by atoms with Crippen molar-refractivity contribution in [3.05, 3.63) is 199 Å². The molecule has 11 aromatic heterocycles. The van der Waals surface area contributed by atoms with Gasteiger partial charge in [-0.1, -0.05) is 109 Å². The number of rotatable bonds is 29. The molecular formula is C82H84ClN29O13S5. The first-order valence-electron chi connectivity index (χ1n) is 40.1. The Balaban J connectivity index is 0.000000132. The minimum Gasteiger partial charge on any atom is -0.494 e. The van der Waals surface area contributed by atoms with E-state index in [1.807, 2.05) is 109 Å². The minimum atomic E-state index is -0.468. The molecule has 130 heavy (non-hydrogen) atoms. The monoisotopic (exact) mass is 1880 g/mol. The Hall–Kier alpha value is -14.3. The fourth-order valence-corrected chi connectivity index (χ4v) is 17.3. The van der Waals surface area contributed by atoms with Crippen LogP contribution < -0.4 is 76.8 Å². The number of nitrogens with two attached hydrogens (primary N) is 7. The van der Waals surface area contributed by atoms with Crippen molar-refractivity contribution in [1.29, 1.82) is 0 Å². The predicted octanol–water partition coefficient (Wildman–Crippen LogP) is 11.2. The number of anilines is 10. The number of nitrogens with one attached hydrogen (secondary N) is 6. The molecule has 0 saturated carbocycles. The van der Waals surface area contributed by atoms with Crippen molar-refractivity contribution in [2.24, 2.45) is 11.5 Å². The van der Waals surface area contributed by atoms with E-state index in [2.05, 4.69) is 149 Å². The molecule has 0 aliphatic carbocycles. The molecule has 48 heteroatoms. The van der Waals surface area contributed by atoms with Gasteiger partial charge in [-0.2, -0.15) is 0 Å². The average molecular weight is 1880 g/mol. The number of likely N-dealkylation sites (tertiary alicyclic amines) is 1. The predicted molar refractivity (Wildman–Crippen MR) is 490 cm³/mol. The minimum absolute atomic E-state index is 0.0137. The molecule has 18 rings (SSSR count). The maximum atomic E-state index is 12.7. The lowest BCUT2D eigenvalue weighted by atomic mass is 9.92. The summed E-state index contributed by atoms with van der Waals surface area (Å²) in [6, 6.07) is 40.0. The van der Waals surface area contributed by atoms with Gasteiger partial charge in [-0.15, -0.1) is 56.7 Å². The lowest BCUT2D eigenvalue weighted by molar-refractivity contribution is -0.118. The van der Waals surface area contributed by atoms with Gasteiger partial charge in [-0.3, -0.25) is 24.0 Å². The van der Waals surface area contributed by atoms with E-state index < -0.39 is 5.92 Å². The molecule has 0 radical (unpaired) electrons. The molecule has 2 aliphatic rings. The lowest BCUT2D eigenvalue weighted by Crippen LogP contribution is -2.36. The number of ether oxygens (including phenoxy) is 1. The third-order valence-corrected chi connectivity index (χ3v) is 23.9. The maximum Gasteiger partial charge on any atom is 0.233 e. The van der Waals surface area contributed by atoms with Crippen LogP contribution in [0.25, 0.3) is 67.9 Å². The van der Waals surface area contributed by atoms with E-state index in [-0.39, 0.29) is 89.5 Å². The summed E-state index contributed by atoms with van der Waals surface area (Å²) < 4.78 is 34.0. The van der Waals surface area contributed by atoms with Gasteiger partial charge in [0.25, 0.3) is 0 Å². The number of amides is 5. The Kier molecular flexibility index (Phi) is 31.8. The molecule has 16 aromatic rings. The lowest BCUT2D eigenvalue weighted by Gasteiger charge is -2.29. The van der Waals surface area contributed by atoms with Gasteiger partial charge in [0, 0.05) is 69.4 Å². The van der Waals surface area contributed by atoms with Crippen LogP contribution in [0, 0.1) is 0 Å². The van der Waals surface area contributed by atoms with Crippen LogP contribution in [0.4, 0.5) is 54.7 Å². The van der Waals surface area contributed by atoms with E-state index in [0.29, 0.717) is 127 Å². The third kappa shape index (κ3) is 24.7. The highest BCUT2D eigenvalue weighted by Gasteiger charge is 2.28. The maximum absolute atomic E-state index is 12.7. The Bertz CT molecular complexity index is 6410. The van der Waals surface area contributed by atoms with Crippen molar-refractivity contribution >= 4 is 164 Å². The number of carbonyl (C=O) groups excluding carboxylic acids is 5. The number of hydrogen-bond acceptors (Lipinski definition) is 42. The molecule has 5 amide bonds. The number of carbonyl (C=O) groups is 5. The number of furan rings is 1. The molecule has 3 atom stereocenters. The first-order chi connectivity index (χ1) is 63.3. The van der Waals surface area contributed by atoms with Gasteiger partial charge in [-0.25, -0.2) is 48.1 Å². The summed E-state index contributed by atoms with van der Waals surface area (Å²) in [7, 11) is 0. The standard InChI is InChI=1S/C21H26N6O4S.C16H16N6O2S.C15H15ClN6O2S.C15H16N6O2S.C15H11N5O3S/c22-20-19(25-31-26-20)17-13-32-21(23-17)24-18(29)12-14-3-1-4-16(11-14)30-10-2-7-27-8-5-15(28)6-9-27;17-15-14(21-24-22-15)12-8-25-16(19-12)20-13(23)7-11-10-4-2-1-3-9(10)5-6-18-11;16-10-4-2-1-3-8(10)9(5-6-17)14(23)20-15-19-11(7-25-15)12-13(18)22-24-21-12;16-7-6-10(9-4-2-1-3-5-9)14(22)19-15-18-11(8-24-15)12-13(17)21-23-20-12;16-14-13(19-23-20-14)10-7-24-15(17-10)18-12(21)6-8-2-1-3-11-9(8)4-5-22-11/h1,3-4,11,13,15,28H,2,5-10,12H2,(H2,22,26)(H,23,24,29);1-4,8,11,18H,5-7H2,(H2,17,22)(H,19,20,23);1-4,7,9H,5-6,17H2,(H2,18,22)(H,19,20,23);1-5,8,10H,6-7,16H2,(H2,17,21)(H,18,19,22);1-5,7H,6H2,(H2,16,20)(H,17,18,21). The number of piperidine rings is 1. The summed E-state index contributed by atoms with van der Waals surface area (Å²) in [5.41, 5.74) is 50.5. The van der Waals surface area contributed by atoms with Gasteiger partial charge in [-0.05, 0) is 173 Å². The zero-order valence-corrected chi connectivity index (χ0v) is 73.5. The van der Waals surface area contributed by atoms with E-state index >= 15 is 0 Å². The fourth-order valence-electron chi connectivity index (χ4n) is 13.5. The van der Waals surface area contributed by atoms with Crippen molar-refractivity contribution in [1.82, 2.24) is 86.7 Å². The number of benzene rings is 5. The van der Waals surface area contributed by atoms with Crippen LogP contribution in [0.2, 0.25) is 5.02 Å². The summed E-state index contributed by atoms with van der Waals surface area (Å²) in [6.07, 6.45) is 6.84. The van der Waals surface area contributed by atoms with Crippen molar-refractivity contribution < 1.29 is 61.4 Å². The molecule has 0 bridgehead atoms. The largest absolute Gasteiger partial charge is 0.494 e. The number of aliphatic hydroxyl groups excluding tert-OH is 1. The Morgan fingerprint density at radius 3 is 1.48 bits per heavy atom. The molecule has 21 N–H and O–H groups in total. The van der Waals surface area contributed by atoms with E-state index in [0.717, 1.165) is 90.8 Å². The van der Waals surface area contributed by atoms with E-state index in [1.54, 1.807) is 39.2 Å². The zero-order valence-electron chi connectivity index (χ0n) is 68.7. The molecule has 42 nitrogen and oxygen atoms in total. The second-order valence-corrected chi connectivity index (χ2v) is 33.4. The summed E-state index contributed by atoms with van der Waals surface area (Å²) in [4.78, 5) is 86.2. The van der Waals surface area contributed by atoms with Crippen LogP contribution in [0.15, 0.2) is 188 Å². The van der Waals surface area contributed by atoms with Gasteiger partial charge >= 0.3 is 0 Å². The van der Waals surface area contributed by atoms with Gasteiger partial charge in [0.15, 0.2) is 83.2 Å². The van der Waals surface area contributed by atoms with E-state index in [9.17, 15) is 29.1 Å². The van der Waals surface area contributed by atoms with Gasteiger partial charge < -0.3 is 91.2 Å². The van der Waals surface area contributed by atoms with Gasteiger partial charge in [0.1, 0.15) is 39.8 Å². The van der Waals surface area contributed by atoms with Crippen LogP contribution in [0.1, 0.15) is 89.8 Å². The number of fused-ring (bicyclic) bond motifs is 2. The topological polar surface area (TPSA) is 645 Å². The SMILES string of the molecule is NCCC(C(=O)Nc1nc(-c2nonc2N)cs1)c1ccccc1.NCCC(C(=O)Nc1nc(-c2nonc2N)cs1)c1ccccc1Cl.Nc1nonc1-c1csc(NC(=O)CC2NCCc3ccccc32)n1.Nc1nonc1-c1csc(NC(=O)Cc2cccc(OCCCN3CCC(O)CC3)c2)n1.Nc1nonc1-c1csc(NC(=O)Cc2cccc3occc23)n1. The van der Waals surface area contributed by atoms with Crippen molar-refractivity contribution in [2.45, 2.75) is 81.8 Å². The Morgan fingerprint density at radius 1 is 0.515 bits per heavy atom. The fraction of sp³-hybridized carbons (Fsp3) is 0.244. The summed E-state index contributed by atoms with van der Waals surface area (Å²) in [5.74, 6) is -0.107. The smallest absolute Gasteiger partial charge is 0.233 e. The average Bonchev–Trinajstić information content (AvgIpc) is 1.76. The van der Waals surface area contributed by atoms with Gasteiger partial charge in [0.2, 0.25) is 29.5 Å². The van der Waals surface area contributed by atoms with Crippen molar-refractivity contribution in [3.63, 3.8) is 0 Å². The van der Waals surface area contributed by atoms with Crippen LogP contribution in [-0.4, -0.2) is 168 Å². The molecule has 13 heterocycles. The summed E-state index contributed by atoms with van der Waals surface area (Å²) >= 11 is 12.6. The molecule has 1 fully saturated rings. The van der Waals surface area contributed by atoms with E-state index in [1.165, 1.54) is 67.8 Å². The first-order valence-corrected chi connectivity index (χ1v) is 44.8. The Labute approximate surface area is 762 Å². The number of nitrogens with zero attached hydrogens (tertiary/aromatic N) is 16. The number of halogens is 1. The van der Waals surface area contributed by atoms with Gasteiger partial charge in [0.05, 0.1) is 43.7 Å². The highest BCUT2D eigenvalue weighted by molar-refractivity contribution is 7.15. The molecule has 672 valence electrons. The first kappa shape index (κ1) is 91.9. The summed E-state index contributed by atoms with van der Waals surface area (Å²) in [5, 5.41) is 75.4. The summed E-state index contributed by atoms with van der Waals surface area (Å²) in [6.45, 7) is 5.08. The molecule has 2 aliphatic heterocycles. The second kappa shape index (κ2) is 44.9. The van der Waals surface area contributed by atoms with Crippen molar-refractivity contribution in [3.8, 4) is 62.7 Å². The number of aromatic nitrogens is 15. The van der Waals surface area contributed by atoms with Crippen LogP contribution in [0.3, 0.4) is 0 Å².